The average molecular weight is 270 g/mol. The Balaban J connectivity index is 2.23. The Morgan fingerprint density at radius 1 is 1.26 bits per heavy atom. The van der Waals surface area contributed by atoms with Gasteiger partial charge in [0, 0.05) is 10.6 Å². The number of thiophene rings is 1. The summed E-state index contributed by atoms with van der Waals surface area (Å²) in [4.78, 5) is 1.34. The molecule has 1 aromatic carbocycles. The Labute approximate surface area is 118 Å². The highest BCUT2D eigenvalue weighted by Crippen LogP contribution is 2.30. The van der Waals surface area contributed by atoms with E-state index in [0.29, 0.717) is 12.0 Å². The quantitative estimate of drug-likeness (QED) is 0.871. The van der Waals surface area contributed by atoms with Crippen molar-refractivity contribution in [3.8, 4) is 6.07 Å². The van der Waals surface area contributed by atoms with Gasteiger partial charge in [-0.15, -0.1) is 11.3 Å². The van der Waals surface area contributed by atoms with Crippen molar-refractivity contribution >= 4 is 17.0 Å². The van der Waals surface area contributed by atoms with Crippen molar-refractivity contribution in [3.63, 3.8) is 0 Å². The van der Waals surface area contributed by atoms with E-state index < -0.39 is 0 Å². The third-order valence-electron chi connectivity index (χ3n) is 3.19. The first-order valence-electron chi connectivity index (χ1n) is 6.42. The molecule has 0 saturated heterocycles. The maximum absolute atomic E-state index is 8.96. The summed E-state index contributed by atoms with van der Waals surface area (Å²) in [5.41, 5.74) is 2.83. The van der Waals surface area contributed by atoms with E-state index in [1.807, 2.05) is 25.1 Å². The van der Waals surface area contributed by atoms with Gasteiger partial charge in [-0.05, 0) is 48.1 Å². The lowest BCUT2D eigenvalue weighted by molar-refractivity contribution is 0.554. The Kier molecular flexibility index (Phi) is 4.24. The van der Waals surface area contributed by atoms with E-state index in [-0.39, 0.29) is 0 Å². The van der Waals surface area contributed by atoms with Crippen molar-refractivity contribution < 1.29 is 0 Å². The van der Waals surface area contributed by atoms with E-state index >= 15 is 0 Å². The Bertz CT molecular complexity index is 579. The van der Waals surface area contributed by atoms with Crippen molar-refractivity contribution in [3.05, 3.63) is 51.7 Å². The highest BCUT2D eigenvalue weighted by molar-refractivity contribution is 7.10. The molecule has 2 aromatic rings. The SMILES string of the molecule is Cc1cc(NC(c2cccs2)C(C)C)ccc1C#N. The number of nitrogens with zero attached hydrogens (tertiary/aromatic N) is 1. The van der Waals surface area contributed by atoms with Crippen molar-refractivity contribution in [1.82, 2.24) is 0 Å². The van der Waals surface area contributed by atoms with E-state index in [2.05, 4.69) is 42.7 Å². The lowest BCUT2D eigenvalue weighted by Gasteiger charge is -2.22. The molecular weight excluding hydrogens is 252 g/mol. The standard InChI is InChI=1S/C16H18N2S/c1-11(2)16(15-5-4-8-19-15)18-14-7-6-13(10-17)12(3)9-14/h4-9,11,16,18H,1-3H3. The lowest BCUT2D eigenvalue weighted by atomic mass is 10.0. The molecule has 19 heavy (non-hydrogen) atoms. The van der Waals surface area contributed by atoms with Gasteiger partial charge >= 0.3 is 0 Å². The Morgan fingerprint density at radius 3 is 2.58 bits per heavy atom. The van der Waals surface area contributed by atoms with E-state index in [1.165, 1.54) is 4.88 Å². The van der Waals surface area contributed by atoms with Crippen LogP contribution >= 0.6 is 11.3 Å². The fourth-order valence-electron chi connectivity index (χ4n) is 2.09. The fourth-order valence-corrected chi connectivity index (χ4v) is 3.04. The smallest absolute Gasteiger partial charge is 0.0994 e. The molecule has 2 rings (SSSR count). The molecule has 0 saturated carbocycles. The Morgan fingerprint density at radius 2 is 2.05 bits per heavy atom. The summed E-state index contributed by atoms with van der Waals surface area (Å²) in [5, 5.41) is 14.6. The maximum atomic E-state index is 8.96. The second-order valence-corrected chi connectivity index (χ2v) is 6.00. The molecule has 0 aliphatic rings. The van der Waals surface area contributed by atoms with E-state index in [4.69, 9.17) is 5.26 Å². The molecule has 0 aliphatic heterocycles. The molecule has 1 unspecified atom stereocenters. The number of anilines is 1. The van der Waals surface area contributed by atoms with Gasteiger partial charge in [0.05, 0.1) is 17.7 Å². The first kappa shape index (κ1) is 13.6. The van der Waals surface area contributed by atoms with Gasteiger partial charge in [0.1, 0.15) is 0 Å². The molecule has 1 heterocycles. The maximum Gasteiger partial charge on any atom is 0.0994 e. The third-order valence-corrected chi connectivity index (χ3v) is 4.14. The molecule has 0 bridgehead atoms. The zero-order valence-corrected chi connectivity index (χ0v) is 12.3. The predicted molar refractivity (Wildman–Crippen MR) is 81.4 cm³/mol. The van der Waals surface area contributed by atoms with Crippen LogP contribution in [0.4, 0.5) is 5.69 Å². The van der Waals surface area contributed by atoms with Crippen molar-refractivity contribution in [1.29, 1.82) is 5.26 Å². The summed E-state index contributed by atoms with van der Waals surface area (Å²) in [7, 11) is 0. The average Bonchev–Trinajstić information content (AvgIpc) is 2.89. The molecule has 0 aliphatic carbocycles. The van der Waals surface area contributed by atoms with Crippen LogP contribution in [-0.4, -0.2) is 0 Å². The van der Waals surface area contributed by atoms with Crippen LogP contribution in [0.5, 0.6) is 0 Å². The zero-order chi connectivity index (χ0) is 13.8. The number of hydrogen-bond acceptors (Lipinski definition) is 3. The summed E-state index contributed by atoms with van der Waals surface area (Å²) in [6, 6.07) is 12.7. The van der Waals surface area contributed by atoms with Crippen LogP contribution < -0.4 is 5.32 Å². The number of benzene rings is 1. The summed E-state index contributed by atoms with van der Waals surface area (Å²) in [5.74, 6) is 0.509. The molecule has 0 radical (unpaired) electrons. The Hall–Kier alpha value is -1.79. The van der Waals surface area contributed by atoms with Gasteiger partial charge < -0.3 is 5.32 Å². The van der Waals surface area contributed by atoms with Crippen LogP contribution in [0.15, 0.2) is 35.7 Å². The molecule has 3 heteroatoms. The van der Waals surface area contributed by atoms with E-state index in [0.717, 1.165) is 16.8 Å². The van der Waals surface area contributed by atoms with Gasteiger partial charge in [-0.1, -0.05) is 19.9 Å². The number of rotatable bonds is 4. The minimum Gasteiger partial charge on any atom is -0.377 e. The first-order valence-corrected chi connectivity index (χ1v) is 7.30. The summed E-state index contributed by atoms with van der Waals surface area (Å²) >= 11 is 1.78. The van der Waals surface area contributed by atoms with E-state index in [9.17, 15) is 0 Å². The minimum absolute atomic E-state index is 0.312. The first-order chi connectivity index (χ1) is 9.11. The van der Waals surface area contributed by atoms with Gasteiger partial charge in [-0.25, -0.2) is 0 Å². The number of aryl methyl sites for hydroxylation is 1. The third kappa shape index (κ3) is 3.15. The highest BCUT2D eigenvalue weighted by atomic mass is 32.1. The van der Waals surface area contributed by atoms with Crippen LogP contribution in [0.3, 0.4) is 0 Å². The van der Waals surface area contributed by atoms with Crippen LogP contribution in [0.25, 0.3) is 0 Å². The second kappa shape index (κ2) is 5.90. The number of nitrogens with one attached hydrogen (secondary N) is 1. The van der Waals surface area contributed by atoms with Crippen LogP contribution in [-0.2, 0) is 0 Å². The van der Waals surface area contributed by atoms with Gasteiger partial charge in [-0.2, -0.15) is 5.26 Å². The molecule has 1 N–H and O–H groups in total. The predicted octanol–water partition coefficient (Wildman–Crippen LogP) is 4.74. The molecule has 0 amide bonds. The normalized spacial score (nSPS) is 12.2. The molecule has 0 spiro atoms. The molecule has 1 atom stereocenters. The largest absolute Gasteiger partial charge is 0.377 e. The topological polar surface area (TPSA) is 35.8 Å². The summed E-state index contributed by atoms with van der Waals surface area (Å²) in [6.07, 6.45) is 0. The van der Waals surface area contributed by atoms with Crippen molar-refractivity contribution in [2.45, 2.75) is 26.8 Å². The zero-order valence-electron chi connectivity index (χ0n) is 11.5. The molecule has 98 valence electrons. The van der Waals surface area contributed by atoms with Crippen molar-refractivity contribution in [2.75, 3.05) is 5.32 Å². The fraction of sp³-hybridized carbons (Fsp3) is 0.312. The van der Waals surface area contributed by atoms with Gasteiger partial charge in [-0.3, -0.25) is 0 Å². The molecule has 1 aromatic heterocycles. The summed E-state index contributed by atoms with van der Waals surface area (Å²) in [6.45, 7) is 6.40. The monoisotopic (exact) mass is 270 g/mol. The summed E-state index contributed by atoms with van der Waals surface area (Å²) < 4.78 is 0. The molecular formula is C16H18N2S. The van der Waals surface area contributed by atoms with Crippen LogP contribution in [0, 0.1) is 24.2 Å². The van der Waals surface area contributed by atoms with Gasteiger partial charge in [0.15, 0.2) is 0 Å². The van der Waals surface area contributed by atoms with Crippen LogP contribution in [0.2, 0.25) is 0 Å². The van der Waals surface area contributed by atoms with Crippen molar-refractivity contribution in [2.24, 2.45) is 5.92 Å². The lowest BCUT2D eigenvalue weighted by Crippen LogP contribution is -2.15. The van der Waals surface area contributed by atoms with Crippen LogP contribution in [0.1, 0.15) is 35.9 Å². The number of hydrogen-bond donors (Lipinski definition) is 1. The minimum atomic E-state index is 0.312. The number of nitriles is 1. The van der Waals surface area contributed by atoms with Gasteiger partial charge in [0.25, 0.3) is 0 Å². The van der Waals surface area contributed by atoms with Gasteiger partial charge in [0.2, 0.25) is 0 Å². The van der Waals surface area contributed by atoms with E-state index in [1.54, 1.807) is 11.3 Å². The second-order valence-electron chi connectivity index (χ2n) is 5.02. The molecule has 0 fully saturated rings. The molecule has 2 nitrogen and oxygen atoms in total. The highest BCUT2D eigenvalue weighted by Gasteiger charge is 2.16.